The van der Waals surface area contributed by atoms with Gasteiger partial charge in [-0.25, -0.2) is 4.98 Å². The number of rotatable bonds is 5. The zero-order chi connectivity index (χ0) is 29.5. The number of amides is 1. The number of carbonyl (C=O) groups is 1. The van der Waals surface area contributed by atoms with Gasteiger partial charge in [0.15, 0.2) is 0 Å². The van der Waals surface area contributed by atoms with Crippen LogP contribution >= 0.6 is 22.9 Å². The number of para-hydroxylation sites is 1. The van der Waals surface area contributed by atoms with Gasteiger partial charge in [0.05, 0.1) is 11.4 Å². The van der Waals surface area contributed by atoms with Crippen LogP contribution in [-0.2, 0) is 0 Å². The van der Waals surface area contributed by atoms with Gasteiger partial charge in [-0.1, -0.05) is 102 Å². The highest BCUT2D eigenvalue weighted by atomic mass is 35.5. The molecule has 5 aromatic carbocycles. The lowest BCUT2D eigenvalue weighted by molar-refractivity contribution is 0.100. The lowest BCUT2D eigenvalue weighted by Crippen LogP contribution is -2.25. The van der Waals surface area contributed by atoms with Gasteiger partial charge in [-0.3, -0.25) is 9.69 Å². The van der Waals surface area contributed by atoms with E-state index in [4.69, 9.17) is 22.3 Å². The van der Waals surface area contributed by atoms with Crippen molar-refractivity contribution >= 4 is 66.9 Å². The maximum Gasteiger partial charge on any atom is 0.275 e. The third-order valence-electron chi connectivity index (χ3n) is 7.60. The molecule has 0 fully saturated rings. The van der Waals surface area contributed by atoms with Crippen LogP contribution in [0.25, 0.3) is 43.4 Å². The Hall–Kier alpha value is -4.97. The fraction of sp³-hybridized carbons (Fsp3) is 0.0270. The average molecular weight is 596 g/mol. The first kappa shape index (κ1) is 26.9. The van der Waals surface area contributed by atoms with Gasteiger partial charge in [0.2, 0.25) is 0 Å². The van der Waals surface area contributed by atoms with E-state index in [1.807, 2.05) is 91.0 Å². The van der Waals surface area contributed by atoms with Crippen molar-refractivity contribution in [2.45, 2.75) is 6.92 Å². The van der Waals surface area contributed by atoms with Crippen LogP contribution in [0.2, 0.25) is 5.02 Å². The zero-order valence-corrected chi connectivity index (χ0v) is 24.9. The first-order valence-corrected chi connectivity index (χ1v) is 15.1. The monoisotopic (exact) mass is 595 g/mol. The van der Waals surface area contributed by atoms with Gasteiger partial charge in [0.25, 0.3) is 5.91 Å². The zero-order valence-electron chi connectivity index (χ0n) is 23.3. The fourth-order valence-corrected chi connectivity index (χ4v) is 6.56. The molecule has 1 amide bonds. The third-order valence-corrected chi connectivity index (χ3v) is 8.94. The van der Waals surface area contributed by atoms with Crippen molar-refractivity contribution in [1.82, 2.24) is 4.98 Å². The molecule has 4 nitrogen and oxygen atoms in total. The lowest BCUT2D eigenvalue weighted by Gasteiger charge is -2.23. The second kappa shape index (κ2) is 11.0. The minimum absolute atomic E-state index is 0.207. The number of nitrogens with two attached hydrogens (primary N) is 1. The van der Waals surface area contributed by atoms with Crippen molar-refractivity contribution in [3.05, 3.63) is 143 Å². The Kier molecular flexibility index (Phi) is 6.90. The maximum absolute atomic E-state index is 14.6. The molecule has 2 N–H and O–H groups in total. The van der Waals surface area contributed by atoms with Crippen LogP contribution in [0.1, 0.15) is 15.2 Å². The normalized spacial score (nSPS) is 11.2. The molecule has 0 aliphatic carbocycles. The first-order valence-electron chi connectivity index (χ1n) is 13.9. The van der Waals surface area contributed by atoms with E-state index in [-0.39, 0.29) is 5.91 Å². The van der Waals surface area contributed by atoms with Crippen molar-refractivity contribution < 1.29 is 4.79 Å². The number of benzene rings is 5. The van der Waals surface area contributed by atoms with Gasteiger partial charge in [0.1, 0.15) is 9.71 Å². The molecule has 43 heavy (non-hydrogen) atoms. The number of aromatic nitrogens is 1. The summed E-state index contributed by atoms with van der Waals surface area (Å²) in [6, 6.07) is 41.8. The second-order valence-corrected chi connectivity index (χ2v) is 11.9. The summed E-state index contributed by atoms with van der Waals surface area (Å²) in [5, 5.41) is 3.56. The van der Waals surface area contributed by atoms with Crippen LogP contribution in [0.5, 0.6) is 0 Å². The quantitative estimate of drug-likeness (QED) is 0.215. The fourth-order valence-electron chi connectivity index (χ4n) is 5.39. The highest BCUT2D eigenvalue weighted by Gasteiger charge is 2.27. The van der Waals surface area contributed by atoms with Crippen LogP contribution < -0.4 is 10.6 Å². The molecular formula is C37H26ClN3OS. The van der Waals surface area contributed by atoms with Gasteiger partial charge in [0, 0.05) is 27.3 Å². The van der Waals surface area contributed by atoms with Crippen LogP contribution in [0, 0.1) is 6.92 Å². The third kappa shape index (κ3) is 5.03. The minimum Gasteiger partial charge on any atom is -0.397 e. The minimum atomic E-state index is -0.207. The molecule has 0 unspecified atom stereocenters. The summed E-state index contributed by atoms with van der Waals surface area (Å²) < 4.78 is 0. The Morgan fingerprint density at radius 2 is 1.42 bits per heavy atom. The molecule has 0 spiro atoms. The molecule has 0 bridgehead atoms. The summed E-state index contributed by atoms with van der Waals surface area (Å²) >= 11 is 7.56. The number of aryl methyl sites for hydroxylation is 1. The van der Waals surface area contributed by atoms with Crippen molar-refractivity contribution in [1.29, 1.82) is 0 Å². The van der Waals surface area contributed by atoms with Gasteiger partial charge in [-0.15, -0.1) is 11.3 Å². The second-order valence-electron chi connectivity index (χ2n) is 10.5. The van der Waals surface area contributed by atoms with E-state index < -0.39 is 0 Å². The predicted octanol–water partition coefficient (Wildman–Crippen LogP) is 10.3. The van der Waals surface area contributed by atoms with E-state index in [9.17, 15) is 4.79 Å². The molecule has 208 valence electrons. The summed E-state index contributed by atoms with van der Waals surface area (Å²) in [7, 11) is 0. The summed E-state index contributed by atoms with van der Waals surface area (Å²) in [5.41, 5.74) is 13.7. The van der Waals surface area contributed by atoms with Crippen molar-refractivity contribution in [2.24, 2.45) is 0 Å². The van der Waals surface area contributed by atoms with Gasteiger partial charge < -0.3 is 5.73 Å². The summed E-state index contributed by atoms with van der Waals surface area (Å²) in [6.45, 7) is 2.06. The standard InChI is InChI=1S/C37H26ClN3OS/c1-23-11-13-26(14-12-23)32-22-31(25-15-18-28(38)19-16-25)33-34(39)35(43-36(33)40-32)37(42)41(29-9-3-2-4-10-29)30-20-17-24-7-5-6-8-27(24)21-30/h2-22H,39H2,1H3. The highest BCUT2D eigenvalue weighted by Crippen LogP contribution is 2.43. The SMILES string of the molecule is Cc1ccc(-c2cc(-c3ccc(Cl)cc3)c3c(N)c(C(=O)N(c4ccccc4)c4ccc5ccccc5c4)sc3n2)cc1. The van der Waals surface area contributed by atoms with Gasteiger partial charge in [-0.05, 0) is 71.3 Å². The van der Waals surface area contributed by atoms with E-state index in [0.29, 0.717) is 20.4 Å². The number of anilines is 3. The summed E-state index contributed by atoms with van der Waals surface area (Å²) in [6.07, 6.45) is 0. The number of hydrogen-bond acceptors (Lipinski definition) is 4. The number of nitrogen functional groups attached to an aromatic ring is 1. The summed E-state index contributed by atoms with van der Waals surface area (Å²) in [5.74, 6) is -0.207. The Bertz CT molecular complexity index is 2120. The molecule has 0 radical (unpaired) electrons. The van der Waals surface area contributed by atoms with Crippen molar-refractivity contribution in [3.63, 3.8) is 0 Å². The van der Waals surface area contributed by atoms with Crippen LogP contribution in [0.3, 0.4) is 0 Å². The van der Waals surface area contributed by atoms with Crippen molar-refractivity contribution in [3.8, 4) is 22.4 Å². The molecule has 0 saturated heterocycles. The first-order chi connectivity index (χ1) is 21.0. The van der Waals surface area contributed by atoms with E-state index in [1.54, 1.807) is 4.90 Å². The molecule has 7 rings (SSSR count). The molecule has 0 aliphatic rings. The van der Waals surface area contributed by atoms with Crippen LogP contribution in [-0.4, -0.2) is 10.9 Å². The van der Waals surface area contributed by atoms with Crippen LogP contribution in [0.15, 0.2) is 127 Å². The number of hydrogen-bond donors (Lipinski definition) is 1. The van der Waals surface area contributed by atoms with Crippen molar-refractivity contribution in [2.75, 3.05) is 10.6 Å². The molecule has 2 aromatic heterocycles. The Morgan fingerprint density at radius 1 is 0.744 bits per heavy atom. The Balaban J connectivity index is 1.43. The van der Waals surface area contributed by atoms with E-state index >= 15 is 0 Å². The van der Waals surface area contributed by atoms with Crippen LogP contribution in [0.4, 0.5) is 17.1 Å². The summed E-state index contributed by atoms with van der Waals surface area (Å²) in [4.78, 5) is 22.5. The highest BCUT2D eigenvalue weighted by molar-refractivity contribution is 7.21. The van der Waals surface area contributed by atoms with E-state index in [1.165, 1.54) is 16.9 Å². The number of pyridine rings is 1. The molecule has 2 heterocycles. The lowest BCUT2D eigenvalue weighted by atomic mass is 9.99. The van der Waals surface area contributed by atoms with Gasteiger partial charge >= 0.3 is 0 Å². The smallest absolute Gasteiger partial charge is 0.275 e. The number of halogens is 1. The van der Waals surface area contributed by atoms with E-state index in [0.717, 1.165) is 49.9 Å². The Morgan fingerprint density at radius 3 is 2.16 bits per heavy atom. The number of thiophene rings is 1. The average Bonchev–Trinajstić information content (AvgIpc) is 3.38. The molecular weight excluding hydrogens is 570 g/mol. The molecule has 0 atom stereocenters. The molecule has 0 aliphatic heterocycles. The number of nitrogens with zero attached hydrogens (tertiary/aromatic N) is 2. The number of fused-ring (bicyclic) bond motifs is 2. The molecule has 7 aromatic rings. The number of carbonyl (C=O) groups excluding carboxylic acids is 1. The maximum atomic E-state index is 14.6. The molecule has 0 saturated carbocycles. The largest absolute Gasteiger partial charge is 0.397 e. The molecule has 6 heteroatoms. The topological polar surface area (TPSA) is 59.2 Å². The van der Waals surface area contributed by atoms with E-state index in [2.05, 4.69) is 43.3 Å². The Labute approximate surface area is 258 Å². The predicted molar refractivity (Wildman–Crippen MR) is 182 cm³/mol. The van der Waals surface area contributed by atoms with Gasteiger partial charge in [-0.2, -0.15) is 0 Å².